The van der Waals surface area contributed by atoms with E-state index >= 15 is 0 Å². The molecule has 0 aromatic carbocycles. The van der Waals surface area contributed by atoms with Gasteiger partial charge in [-0.25, -0.2) is 0 Å². The molecule has 4 heterocycles. The van der Waals surface area contributed by atoms with E-state index in [0.29, 0.717) is 0 Å². The van der Waals surface area contributed by atoms with E-state index in [0.717, 1.165) is 4.90 Å². The molecule has 0 saturated carbocycles. The van der Waals surface area contributed by atoms with E-state index < -0.39 is 58.1 Å². The summed E-state index contributed by atoms with van der Waals surface area (Å²) in [5, 5.41) is 8.52. The molecule has 4 aliphatic heterocycles. The molecule has 2 spiro atoms. The molecule has 25 heavy (non-hydrogen) atoms. The maximum atomic E-state index is 11.0. The Bertz CT molecular complexity index is 710. The Hall–Kier alpha value is -1.23. The zero-order valence-corrected chi connectivity index (χ0v) is 17.9. The van der Waals surface area contributed by atoms with Gasteiger partial charge in [-0.05, 0) is 0 Å². The summed E-state index contributed by atoms with van der Waals surface area (Å²) in [6.45, 7) is 0. The van der Waals surface area contributed by atoms with Crippen molar-refractivity contribution in [1.29, 1.82) is 0 Å². The monoisotopic (exact) mass is 497 g/mol. The van der Waals surface area contributed by atoms with E-state index in [2.05, 4.69) is 16.0 Å². The second-order valence-electron chi connectivity index (χ2n) is 4.84. The number of hydrogen-bond donors (Lipinski definition) is 0. The fourth-order valence-corrected chi connectivity index (χ4v) is 2.26. The van der Waals surface area contributed by atoms with Gasteiger partial charge in [0.25, 0.3) is 11.8 Å². The van der Waals surface area contributed by atoms with Crippen molar-refractivity contribution >= 4 is 47.3 Å². The van der Waals surface area contributed by atoms with Crippen LogP contribution < -0.4 is 0 Å². The predicted octanol–water partition coefficient (Wildman–Crippen LogP) is -2.74. The van der Waals surface area contributed by atoms with Crippen molar-refractivity contribution in [2.24, 2.45) is 10.8 Å². The van der Waals surface area contributed by atoms with Gasteiger partial charge in [-0.2, -0.15) is 0 Å². The predicted molar refractivity (Wildman–Crippen MR) is 62.8 cm³/mol. The van der Waals surface area contributed by atoms with Crippen molar-refractivity contribution in [3.8, 4) is 0 Å². The third kappa shape index (κ3) is 2.20. The number of carbonyl (C=O) groups excluding carboxylic acids is 8. The summed E-state index contributed by atoms with van der Waals surface area (Å²) >= 11 is 0. The van der Waals surface area contributed by atoms with Crippen LogP contribution in [0.5, 0.6) is 0 Å². The standard InChI is InChI=1S/C6H4N2O4.C5H2N2O4.2Y/c1-8-4(11)6(5(8)12)2(9)7-3(6)10;8-1-5(2(9)6-1)3(10)7-4(5)11;;/h1H3,(H,7,9,10);(H2,6,7,8,9,10,11);;/p-3. The number of rotatable bonds is 0. The molecule has 124 valence electrons. The van der Waals surface area contributed by atoms with E-state index in [4.69, 9.17) is 0 Å². The van der Waals surface area contributed by atoms with Crippen LogP contribution in [0.3, 0.4) is 0 Å². The van der Waals surface area contributed by atoms with E-state index in [-0.39, 0.29) is 65.4 Å². The molecule has 14 heteroatoms. The fourth-order valence-electron chi connectivity index (χ4n) is 2.26. The van der Waals surface area contributed by atoms with E-state index in [1.807, 2.05) is 0 Å². The number of carbonyl (C=O) groups is 8. The van der Waals surface area contributed by atoms with E-state index in [1.54, 1.807) is 0 Å². The molecule has 4 saturated heterocycles. The van der Waals surface area contributed by atoms with Crippen molar-refractivity contribution in [1.82, 2.24) is 4.90 Å². The molecule has 4 rings (SSSR count). The van der Waals surface area contributed by atoms with Crippen LogP contribution in [0, 0.1) is 10.8 Å². The van der Waals surface area contributed by atoms with E-state index in [1.165, 1.54) is 7.05 Å². The van der Waals surface area contributed by atoms with Crippen LogP contribution in [0.4, 0.5) is 0 Å². The second-order valence-corrected chi connectivity index (χ2v) is 4.84. The molecule has 0 aromatic rings. The number of nitrogens with zero attached hydrogens (tertiary/aromatic N) is 4. The van der Waals surface area contributed by atoms with Crippen LogP contribution >= 0.6 is 0 Å². The van der Waals surface area contributed by atoms with Crippen molar-refractivity contribution in [2.75, 3.05) is 7.05 Å². The molecule has 0 atom stereocenters. The summed E-state index contributed by atoms with van der Waals surface area (Å²) in [6, 6.07) is 0. The molecule has 0 bridgehead atoms. The zero-order chi connectivity index (χ0) is 17.3. The molecule has 0 aromatic heterocycles. The third-order valence-corrected chi connectivity index (χ3v) is 3.78. The molecular weight excluding hydrogens is 494 g/mol. The third-order valence-electron chi connectivity index (χ3n) is 3.78. The molecule has 12 nitrogen and oxygen atoms in total. The first-order chi connectivity index (χ1) is 10.6. The Morgan fingerprint density at radius 3 is 0.920 bits per heavy atom. The van der Waals surface area contributed by atoms with Crippen LogP contribution in [0.15, 0.2) is 0 Å². The summed E-state index contributed by atoms with van der Waals surface area (Å²) in [5.41, 5.74) is -4.16. The molecule has 0 N–H and O–H groups in total. The van der Waals surface area contributed by atoms with Gasteiger partial charge in [0.1, 0.15) is 5.41 Å². The summed E-state index contributed by atoms with van der Waals surface area (Å²) in [7, 11) is 1.22. The van der Waals surface area contributed by atoms with Gasteiger partial charge in [-0.15, -0.1) is 0 Å². The van der Waals surface area contributed by atoms with Crippen LogP contribution in [0.2, 0.25) is 0 Å². The van der Waals surface area contributed by atoms with Gasteiger partial charge in [-0.1, -0.05) is 0 Å². The molecule has 4 fully saturated rings. The quantitative estimate of drug-likeness (QED) is 0.255. The van der Waals surface area contributed by atoms with Gasteiger partial charge in [0, 0.05) is 72.5 Å². The first-order valence-electron chi connectivity index (χ1n) is 5.87. The summed E-state index contributed by atoms with van der Waals surface area (Å²) in [4.78, 5) is 86.6. The summed E-state index contributed by atoms with van der Waals surface area (Å²) in [6.07, 6.45) is 0. The second kappa shape index (κ2) is 6.49. The van der Waals surface area contributed by atoms with Gasteiger partial charge >= 0.3 is 0 Å². The average Bonchev–Trinajstić information content (AvgIpc) is 2.47. The van der Waals surface area contributed by atoms with Gasteiger partial charge < -0.3 is 44.7 Å². The molecular formula is C11H3N4O8Y2-3. The van der Waals surface area contributed by atoms with Crippen LogP contribution in [0.25, 0.3) is 16.0 Å². The van der Waals surface area contributed by atoms with Gasteiger partial charge in [0.2, 0.25) is 5.41 Å². The van der Waals surface area contributed by atoms with Gasteiger partial charge in [-0.3, -0.25) is 14.5 Å². The molecule has 0 aliphatic carbocycles. The van der Waals surface area contributed by atoms with Crippen molar-refractivity contribution in [3.05, 3.63) is 16.0 Å². The average molecular weight is 497 g/mol. The first kappa shape index (κ1) is 21.8. The summed E-state index contributed by atoms with van der Waals surface area (Å²) in [5.74, 6) is -7.31. The Labute approximate surface area is 188 Å². The maximum Gasteiger partial charge on any atom is 0.256 e. The van der Waals surface area contributed by atoms with E-state index in [9.17, 15) is 38.4 Å². The Balaban J connectivity index is 0.000000232. The molecule has 0 unspecified atom stereocenters. The van der Waals surface area contributed by atoms with Crippen molar-refractivity contribution < 1.29 is 104 Å². The topological polar surface area (TPSA) is 182 Å². The number of imide groups is 4. The molecule has 4 aliphatic rings. The number of β-lactam (4-membered cyclic amide) rings is 8. The Kier molecular flexibility index (Phi) is 5.66. The van der Waals surface area contributed by atoms with Gasteiger partial charge in [0.15, 0.2) is 0 Å². The number of amides is 8. The van der Waals surface area contributed by atoms with Crippen LogP contribution in [0.1, 0.15) is 0 Å². The minimum Gasteiger partial charge on any atom is -0.593 e. The van der Waals surface area contributed by atoms with Crippen molar-refractivity contribution in [2.45, 2.75) is 0 Å². The fraction of sp³-hybridized carbons (Fsp3) is 0.273. The molecule has 8 amide bonds. The maximum absolute atomic E-state index is 11.0. The Morgan fingerprint density at radius 2 is 0.800 bits per heavy atom. The minimum atomic E-state index is -2.11. The number of likely N-dealkylation sites (tertiary alicyclic amines) is 1. The number of hydrogen-bond acceptors (Lipinski definition) is 8. The minimum absolute atomic E-state index is 0. The van der Waals surface area contributed by atoms with Crippen LogP contribution in [-0.4, -0.2) is 59.2 Å². The summed E-state index contributed by atoms with van der Waals surface area (Å²) < 4.78 is 0. The SMILES string of the molecule is CN1C(=O)C2(C(=O)[N-]C2=O)C1=O.O=C1[N-]C(=O)C12C(=O)[N-]C2=O.[Y].[Y]. The van der Waals surface area contributed by atoms with Crippen molar-refractivity contribution in [3.63, 3.8) is 0 Å². The molecule has 2 radical (unpaired) electrons. The smallest absolute Gasteiger partial charge is 0.256 e. The normalized spacial score (nSPS) is 23.3. The largest absolute Gasteiger partial charge is 0.593 e. The van der Waals surface area contributed by atoms with Crippen LogP contribution in [-0.2, 0) is 104 Å². The zero-order valence-electron chi connectivity index (χ0n) is 12.2. The Morgan fingerprint density at radius 1 is 0.560 bits per heavy atom. The first-order valence-corrected chi connectivity index (χ1v) is 5.87. The van der Waals surface area contributed by atoms with Gasteiger partial charge in [0.05, 0.1) is 35.4 Å².